The predicted octanol–water partition coefficient (Wildman–Crippen LogP) is 14.0. The molecular formula is C70H78Cl4N8O8. The number of carbonyl (C=O) groups excluding carboxylic acids is 4. The number of piperazine rings is 2. The van der Waals surface area contributed by atoms with Gasteiger partial charge in [-0.05, 0) is 131 Å². The second-order valence-electron chi connectivity index (χ2n) is 24.8. The summed E-state index contributed by atoms with van der Waals surface area (Å²) < 4.78 is 24.2. The van der Waals surface area contributed by atoms with E-state index in [0.29, 0.717) is 67.6 Å². The van der Waals surface area contributed by atoms with E-state index in [1.165, 1.54) is 0 Å². The monoisotopic (exact) mass is 1300 g/mol. The van der Waals surface area contributed by atoms with Crippen LogP contribution >= 0.6 is 46.4 Å². The normalized spacial score (nSPS) is 18.8. The summed E-state index contributed by atoms with van der Waals surface area (Å²) in [4.78, 5) is 79.0. The van der Waals surface area contributed by atoms with Crippen molar-refractivity contribution in [2.75, 3.05) is 92.0 Å². The first-order chi connectivity index (χ1) is 43.1. The van der Waals surface area contributed by atoms with Gasteiger partial charge < -0.3 is 38.5 Å². The summed E-state index contributed by atoms with van der Waals surface area (Å²) in [5, 5.41) is 2.30. The highest BCUT2D eigenvalue weighted by Gasteiger charge is 2.47. The number of amides is 6. The molecule has 4 aliphatic rings. The molecule has 4 aliphatic heterocycles. The fraction of sp³-hybridized carbons (Fsp3) is 0.400. The van der Waals surface area contributed by atoms with Crippen LogP contribution in [0.25, 0.3) is 0 Å². The molecule has 0 saturated carbocycles. The topological polar surface area (TPSA) is 149 Å². The van der Waals surface area contributed by atoms with Crippen LogP contribution in [0, 0.1) is 0 Å². The highest BCUT2D eigenvalue weighted by atomic mass is 35.5. The molecule has 20 heteroatoms. The number of amidine groups is 2. The van der Waals surface area contributed by atoms with Crippen molar-refractivity contribution in [3.63, 3.8) is 0 Å². The zero-order chi connectivity index (χ0) is 64.0. The zero-order valence-electron chi connectivity index (χ0n) is 52.3. The van der Waals surface area contributed by atoms with Crippen LogP contribution in [-0.4, -0.2) is 157 Å². The fourth-order valence-electron chi connectivity index (χ4n) is 11.8. The molecule has 474 valence electrons. The third-order valence-electron chi connectivity index (χ3n) is 16.8. The number of benzene rings is 6. The molecule has 6 aromatic rings. The van der Waals surface area contributed by atoms with E-state index >= 15 is 9.59 Å². The van der Waals surface area contributed by atoms with Crippen molar-refractivity contribution in [3.05, 3.63) is 198 Å². The van der Waals surface area contributed by atoms with E-state index in [-0.39, 0.29) is 113 Å². The number of urea groups is 2. The summed E-state index contributed by atoms with van der Waals surface area (Å²) >= 11 is 25.7. The molecule has 0 N–H and O–H groups in total. The number of ether oxygens (including phenoxy) is 4. The van der Waals surface area contributed by atoms with Gasteiger partial charge in [0.15, 0.2) is 0 Å². The fourth-order valence-corrected chi connectivity index (χ4v) is 12.3. The van der Waals surface area contributed by atoms with Crippen LogP contribution in [0.15, 0.2) is 143 Å². The van der Waals surface area contributed by atoms with Crippen LogP contribution < -0.4 is 9.47 Å². The SMILES string of the molecule is CCOc1cc(C(C)(C)C)ccc1C1=NC(c2ccc(Cl)cc2)C(c2ccc(Cl)cc2)N1C(=O)N1CCN(C(=O)COCCOCC(=O)N2CCN(C(=O)N3C(c4ccc(C(C)(C)C)cc4OCC)=NC(c4ccc(Cl)cc4)C3c3ccc(Cl)cc3)CC2)CC1. The van der Waals surface area contributed by atoms with Crippen LogP contribution in [0.1, 0.15) is 124 Å². The Hall–Kier alpha value is -7.18. The van der Waals surface area contributed by atoms with Gasteiger partial charge in [0.25, 0.3) is 0 Å². The molecule has 4 atom stereocenters. The Bertz CT molecular complexity index is 3360. The number of halogens is 4. The molecule has 4 unspecified atom stereocenters. The Morgan fingerprint density at radius 3 is 1.03 bits per heavy atom. The third kappa shape index (κ3) is 14.9. The highest BCUT2D eigenvalue weighted by Crippen LogP contribution is 2.48. The molecular weight excluding hydrogens is 1220 g/mol. The second-order valence-corrected chi connectivity index (χ2v) is 26.6. The molecule has 0 aliphatic carbocycles. The van der Waals surface area contributed by atoms with Gasteiger partial charge in [-0.1, -0.05) is 149 Å². The van der Waals surface area contributed by atoms with Crippen LogP contribution in [0.5, 0.6) is 11.5 Å². The Morgan fingerprint density at radius 2 is 0.733 bits per heavy atom. The molecule has 6 aromatic carbocycles. The minimum absolute atomic E-state index is 0.0770. The molecule has 0 aromatic heterocycles. The average molecular weight is 1300 g/mol. The molecule has 2 saturated heterocycles. The van der Waals surface area contributed by atoms with Crippen molar-refractivity contribution in [2.24, 2.45) is 9.98 Å². The van der Waals surface area contributed by atoms with Crippen LogP contribution in [0.2, 0.25) is 20.1 Å². The van der Waals surface area contributed by atoms with Gasteiger partial charge in [-0.15, -0.1) is 0 Å². The Balaban J connectivity index is 0.745. The number of hydrogen-bond acceptors (Lipinski definition) is 10. The van der Waals surface area contributed by atoms with Gasteiger partial charge >= 0.3 is 12.1 Å². The molecule has 2 fully saturated rings. The van der Waals surface area contributed by atoms with Gasteiger partial charge in [-0.3, -0.25) is 29.4 Å². The average Bonchev–Trinajstić information content (AvgIpc) is 1.61. The van der Waals surface area contributed by atoms with E-state index in [9.17, 15) is 9.59 Å². The van der Waals surface area contributed by atoms with Crippen LogP contribution in [-0.2, 0) is 29.9 Å². The molecule has 10 rings (SSSR count). The molecule has 4 heterocycles. The first-order valence-electron chi connectivity index (χ1n) is 30.7. The number of rotatable bonds is 17. The van der Waals surface area contributed by atoms with Crippen molar-refractivity contribution >= 4 is 82.0 Å². The quantitative estimate of drug-likeness (QED) is 0.0819. The maximum absolute atomic E-state index is 15.3. The van der Waals surface area contributed by atoms with Crippen molar-refractivity contribution in [3.8, 4) is 11.5 Å². The number of nitrogens with zero attached hydrogens (tertiary/aromatic N) is 8. The summed E-state index contributed by atoms with van der Waals surface area (Å²) in [6.45, 7) is 19.5. The maximum Gasteiger partial charge on any atom is 0.326 e. The summed E-state index contributed by atoms with van der Waals surface area (Å²) in [7, 11) is 0. The van der Waals surface area contributed by atoms with E-state index in [1.807, 2.05) is 135 Å². The molecule has 16 nitrogen and oxygen atoms in total. The van der Waals surface area contributed by atoms with Gasteiger partial charge in [0.1, 0.15) is 48.5 Å². The van der Waals surface area contributed by atoms with Crippen molar-refractivity contribution in [2.45, 2.75) is 90.4 Å². The third-order valence-corrected chi connectivity index (χ3v) is 17.8. The first kappa shape index (κ1) is 65.8. The number of aliphatic imine (C=N–C) groups is 2. The Kier molecular flexibility index (Phi) is 20.9. The van der Waals surface area contributed by atoms with Gasteiger partial charge in [-0.2, -0.15) is 0 Å². The summed E-state index contributed by atoms with van der Waals surface area (Å²) in [6.07, 6.45) is 0. The van der Waals surface area contributed by atoms with Gasteiger partial charge in [0.2, 0.25) is 11.8 Å². The first-order valence-corrected chi connectivity index (χ1v) is 32.2. The lowest BCUT2D eigenvalue weighted by atomic mass is 9.86. The van der Waals surface area contributed by atoms with Crippen LogP contribution in [0.3, 0.4) is 0 Å². The standard InChI is InChI=1S/C70H78Cl4N8O8/c1-9-89-57-41-49(69(3,4)5)19-29-55(57)65-75-61(45-11-21-51(71)22-12-45)63(47-15-25-53(73)26-16-47)81(65)67(85)79-35-31-77(32-36-79)59(83)43-87-39-40-88-44-60(84)78-33-37-80(38-34-78)68(86)82-64(48-17-27-54(74)28-18-48)62(46-13-23-52(72)24-14-46)76-66(82)56-30-20-50(70(6,7)8)42-58(56)90-10-2/h11-30,41-42,61-64H,9-10,31-40,43-44H2,1-8H3. The highest BCUT2D eigenvalue weighted by molar-refractivity contribution is 6.31. The van der Waals surface area contributed by atoms with E-state index in [1.54, 1.807) is 29.4 Å². The minimum atomic E-state index is -0.566. The number of hydrogen-bond donors (Lipinski definition) is 0. The van der Waals surface area contributed by atoms with Crippen molar-refractivity contribution < 1.29 is 38.1 Å². The number of carbonyl (C=O) groups is 4. The zero-order valence-corrected chi connectivity index (χ0v) is 55.3. The predicted molar refractivity (Wildman–Crippen MR) is 355 cm³/mol. The van der Waals surface area contributed by atoms with Crippen LogP contribution in [0.4, 0.5) is 9.59 Å². The molecule has 90 heavy (non-hydrogen) atoms. The summed E-state index contributed by atoms with van der Waals surface area (Å²) in [5.41, 5.74) is 6.64. The molecule has 6 amide bonds. The van der Waals surface area contributed by atoms with Gasteiger partial charge in [0.05, 0.1) is 49.6 Å². The lowest BCUT2D eigenvalue weighted by Gasteiger charge is -2.39. The van der Waals surface area contributed by atoms with Crippen molar-refractivity contribution in [1.82, 2.24) is 29.4 Å². The molecule has 0 spiro atoms. The maximum atomic E-state index is 15.3. The Morgan fingerprint density at radius 1 is 0.433 bits per heavy atom. The van der Waals surface area contributed by atoms with Gasteiger partial charge in [-0.25, -0.2) is 9.59 Å². The molecule has 0 radical (unpaired) electrons. The van der Waals surface area contributed by atoms with E-state index in [4.69, 9.17) is 75.3 Å². The second kappa shape index (κ2) is 28.5. The lowest BCUT2D eigenvalue weighted by Crippen LogP contribution is -2.55. The van der Waals surface area contributed by atoms with E-state index in [0.717, 1.165) is 33.4 Å². The smallest absolute Gasteiger partial charge is 0.326 e. The van der Waals surface area contributed by atoms with E-state index in [2.05, 4.69) is 53.7 Å². The summed E-state index contributed by atoms with van der Waals surface area (Å²) in [6, 6.07) is 39.6. The Labute approximate surface area is 548 Å². The van der Waals surface area contributed by atoms with Gasteiger partial charge in [0, 0.05) is 72.4 Å². The van der Waals surface area contributed by atoms with E-state index < -0.39 is 24.2 Å². The largest absolute Gasteiger partial charge is 0.493 e. The van der Waals surface area contributed by atoms with Crippen molar-refractivity contribution in [1.29, 1.82) is 0 Å². The summed E-state index contributed by atoms with van der Waals surface area (Å²) in [5.74, 6) is 1.74. The molecule has 0 bridgehead atoms. The lowest BCUT2D eigenvalue weighted by molar-refractivity contribution is -0.141. The minimum Gasteiger partial charge on any atom is -0.493 e.